The number of rotatable bonds is 19. The Morgan fingerprint density at radius 2 is 1.68 bits per heavy atom. The third-order valence-corrected chi connectivity index (χ3v) is 9.86. The smallest absolute Gasteiger partial charge is 0.254 e. The Hall–Kier alpha value is -2.84. The number of carbonyl (C=O) groups excluding carboxylic acids is 1. The Morgan fingerprint density at radius 3 is 2.36 bits per heavy atom. The highest BCUT2D eigenvalue weighted by atomic mass is 35.5. The van der Waals surface area contributed by atoms with E-state index in [2.05, 4.69) is 11.1 Å². The molecule has 3 aromatic rings. The van der Waals surface area contributed by atoms with E-state index in [0.717, 1.165) is 59.3 Å². The fraction of sp³-hybridized carbons (Fsp3) is 0.514. The number of aliphatic hydroxyl groups excluding tert-OH is 6. The topological polar surface area (TPSA) is 173 Å². The molecule has 11 nitrogen and oxygen atoms in total. The van der Waals surface area contributed by atoms with Crippen molar-refractivity contribution in [3.8, 4) is 16.9 Å². The van der Waals surface area contributed by atoms with Crippen LogP contribution in [0.4, 0.5) is 0 Å². The number of halogens is 2. The van der Waals surface area contributed by atoms with Crippen LogP contribution in [0.15, 0.2) is 54.9 Å². The van der Waals surface area contributed by atoms with Crippen molar-refractivity contribution in [3.05, 3.63) is 81.6 Å². The molecule has 272 valence electrons. The number of hydrogen-bond acceptors (Lipinski definition) is 10. The number of hydrogen-bond donors (Lipinski definition) is 6. The molecule has 6 N–H and O–H groups in total. The molecule has 5 atom stereocenters. The Balaban J connectivity index is 1.19. The molecule has 13 heteroatoms. The molecule has 0 aliphatic heterocycles. The molecule has 2 aliphatic rings. The lowest BCUT2D eigenvalue weighted by molar-refractivity contribution is -0.159. The van der Waals surface area contributed by atoms with Gasteiger partial charge in [0.05, 0.1) is 31.0 Å². The molecule has 0 bridgehead atoms. The molecule has 1 aromatic heterocycles. The first-order valence-electron chi connectivity index (χ1n) is 17.1. The predicted molar refractivity (Wildman–Crippen MR) is 188 cm³/mol. The molecule has 2 aromatic carbocycles. The highest BCUT2D eigenvalue weighted by Crippen LogP contribution is 2.53. The van der Waals surface area contributed by atoms with E-state index in [0.29, 0.717) is 29.3 Å². The quantitative estimate of drug-likeness (QED) is 0.0997. The maximum Gasteiger partial charge on any atom is 0.254 e. The van der Waals surface area contributed by atoms with Gasteiger partial charge in [0.2, 0.25) is 0 Å². The number of aliphatic hydroxyl groups is 6. The van der Waals surface area contributed by atoms with Crippen molar-refractivity contribution in [2.45, 2.75) is 101 Å². The number of ether oxygens (including phenoxy) is 2. The van der Waals surface area contributed by atoms with Gasteiger partial charge in [0.1, 0.15) is 24.1 Å². The Morgan fingerprint density at radius 1 is 0.980 bits per heavy atom. The van der Waals surface area contributed by atoms with E-state index in [4.69, 9.17) is 37.8 Å². The van der Waals surface area contributed by atoms with E-state index < -0.39 is 48.6 Å². The van der Waals surface area contributed by atoms with Gasteiger partial charge in [-0.2, -0.15) is 0 Å². The second-order valence-corrected chi connectivity index (χ2v) is 14.1. The van der Waals surface area contributed by atoms with Crippen molar-refractivity contribution in [3.63, 3.8) is 0 Å². The van der Waals surface area contributed by atoms with Gasteiger partial charge >= 0.3 is 0 Å². The van der Waals surface area contributed by atoms with Crippen molar-refractivity contribution in [2.75, 3.05) is 19.7 Å². The summed E-state index contributed by atoms with van der Waals surface area (Å²) < 4.78 is 12.8. The van der Waals surface area contributed by atoms with Crippen LogP contribution in [0, 0.1) is 0 Å². The van der Waals surface area contributed by atoms with Crippen LogP contribution in [0.25, 0.3) is 11.1 Å². The Labute approximate surface area is 302 Å². The molecule has 5 rings (SSSR count). The second kappa shape index (κ2) is 17.1. The number of unbranched alkanes of at least 4 members (excludes halogenated alkanes) is 1. The molecule has 0 spiro atoms. The molecule has 2 saturated carbocycles. The number of nitrogens with zero attached hydrogens (tertiary/aromatic N) is 2. The second-order valence-electron chi connectivity index (χ2n) is 13.3. The summed E-state index contributed by atoms with van der Waals surface area (Å²) in [7, 11) is 0. The molecule has 1 heterocycles. The molecule has 4 unspecified atom stereocenters. The zero-order valence-corrected chi connectivity index (χ0v) is 29.5. The number of pyridine rings is 1. The SMILES string of the molecule is C[C@H](O)CN(CCCCc1cc(Cl)c(COC2(c3cnccc3-c3ccccc3OC3CC3)CC2)cc1Cl)C(=O)C(O)C(O)C(O)C(O)CO. The summed E-state index contributed by atoms with van der Waals surface area (Å²) in [5.74, 6) is -0.0622. The van der Waals surface area contributed by atoms with Crippen molar-refractivity contribution in [1.82, 2.24) is 9.88 Å². The van der Waals surface area contributed by atoms with Gasteiger partial charge in [-0.05, 0) is 92.8 Å². The van der Waals surface area contributed by atoms with E-state index in [9.17, 15) is 30.3 Å². The van der Waals surface area contributed by atoms with Gasteiger partial charge in [-0.1, -0.05) is 41.4 Å². The molecule has 2 aliphatic carbocycles. The highest BCUT2D eigenvalue weighted by molar-refractivity contribution is 6.34. The third kappa shape index (κ3) is 9.52. The van der Waals surface area contributed by atoms with Crippen LogP contribution in [-0.2, 0) is 28.2 Å². The monoisotopic (exact) mass is 732 g/mol. The zero-order chi connectivity index (χ0) is 36.0. The number of aromatic nitrogens is 1. The zero-order valence-electron chi connectivity index (χ0n) is 28.0. The Kier molecular flexibility index (Phi) is 13.1. The van der Waals surface area contributed by atoms with Crippen molar-refractivity contribution >= 4 is 29.1 Å². The van der Waals surface area contributed by atoms with Gasteiger partial charge in [-0.25, -0.2) is 0 Å². The lowest BCUT2D eigenvalue weighted by atomic mass is 9.96. The van der Waals surface area contributed by atoms with E-state index in [1.165, 1.54) is 11.8 Å². The van der Waals surface area contributed by atoms with Crippen LogP contribution in [0.1, 0.15) is 62.1 Å². The molecule has 0 saturated heterocycles. The number of aryl methyl sites for hydroxylation is 1. The van der Waals surface area contributed by atoms with Crippen LogP contribution >= 0.6 is 23.2 Å². The summed E-state index contributed by atoms with van der Waals surface area (Å²) in [6.07, 6.45) is 0.637. The maximum atomic E-state index is 12.9. The number of amides is 1. The molecular formula is C37H46Cl2N2O9. The minimum atomic E-state index is -2.07. The van der Waals surface area contributed by atoms with Crippen LogP contribution in [0.5, 0.6) is 5.75 Å². The summed E-state index contributed by atoms with van der Waals surface area (Å²) in [5, 5.41) is 60.0. The van der Waals surface area contributed by atoms with E-state index in [-0.39, 0.29) is 25.8 Å². The lowest BCUT2D eigenvalue weighted by Crippen LogP contribution is -2.53. The van der Waals surface area contributed by atoms with Crippen LogP contribution in [0.3, 0.4) is 0 Å². The van der Waals surface area contributed by atoms with E-state index in [1.54, 1.807) is 6.20 Å². The number of carbonyl (C=O) groups is 1. The average molecular weight is 734 g/mol. The summed E-state index contributed by atoms with van der Waals surface area (Å²) in [6.45, 7) is 0.883. The first-order chi connectivity index (χ1) is 23.9. The van der Waals surface area contributed by atoms with E-state index >= 15 is 0 Å². The first kappa shape index (κ1) is 38.4. The van der Waals surface area contributed by atoms with Crippen molar-refractivity contribution in [2.24, 2.45) is 0 Å². The fourth-order valence-corrected chi connectivity index (χ4v) is 6.51. The minimum Gasteiger partial charge on any atom is -0.490 e. The summed E-state index contributed by atoms with van der Waals surface area (Å²) in [5.41, 5.74) is 4.12. The lowest BCUT2D eigenvalue weighted by Gasteiger charge is -2.30. The summed E-state index contributed by atoms with van der Waals surface area (Å²) >= 11 is 13.4. The maximum absolute atomic E-state index is 12.9. The van der Waals surface area contributed by atoms with Gasteiger partial charge < -0.3 is 45.0 Å². The number of para-hydroxylation sites is 1. The van der Waals surface area contributed by atoms with Crippen LogP contribution in [-0.4, -0.2) is 103 Å². The number of benzene rings is 2. The largest absolute Gasteiger partial charge is 0.490 e. The van der Waals surface area contributed by atoms with Gasteiger partial charge in [-0.15, -0.1) is 0 Å². The summed E-state index contributed by atoms with van der Waals surface area (Å²) in [6, 6.07) is 13.7. The van der Waals surface area contributed by atoms with E-state index in [1.807, 2.05) is 42.6 Å². The average Bonchev–Trinajstić information content (AvgIpc) is 4.06. The normalized spacial score (nSPS) is 18.2. The first-order valence-corrected chi connectivity index (χ1v) is 17.8. The van der Waals surface area contributed by atoms with Crippen LogP contribution in [0.2, 0.25) is 10.0 Å². The standard InChI is InChI=1S/C37H46Cl2N2O9/c1-22(43)19-41(36(48)35(47)34(46)33(45)31(44)20-42)15-5-4-6-23-16-30(39)24(17-29(23)38)21-49-37(12-13-37)28-18-40-14-11-26(28)27-7-2-3-8-32(27)50-25-9-10-25/h2-3,7-8,11,14,16-18,22,25,31,33-35,42-47H,4-6,9-10,12-13,15,19-21H2,1H3/t22-,31?,33?,34?,35?/m0/s1. The molecular weight excluding hydrogens is 687 g/mol. The predicted octanol–water partition coefficient (Wildman–Crippen LogP) is 3.77. The van der Waals surface area contributed by atoms with Gasteiger partial charge in [-0.3, -0.25) is 9.78 Å². The van der Waals surface area contributed by atoms with Crippen molar-refractivity contribution < 1.29 is 44.9 Å². The van der Waals surface area contributed by atoms with Gasteiger partial charge in [0.25, 0.3) is 5.91 Å². The van der Waals surface area contributed by atoms with Crippen molar-refractivity contribution in [1.29, 1.82) is 0 Å². The molecule has 1 amide bonds. The highest BCUT2D eigenvalue weighted by Gasteiger charge is 2.48. The minimum absolute atomic E-state index is 0.120. The van der Waals surface area contributed by atoms with Gasteiger partial charge in [0.15, 0.2) is 6.10 Å². The van der Waals surface area contributed by atoms with Crippen LogP contribution < -0.4 is 4.74 Å². The van der Waals surface area contributed by atoms with Gasteiger partial charge in [0, 0.05) is 46.7 Å². The molecule has 0 radical (unpaired) electrons. The summed E-state index contributed by atoms with van der Waals surface area (Å²) in [4.78, 5) is 18.5. The molecule has 2 fully saturated rings. The fourth-order valence-electron chi connectivity index (χ4n) is 5.99. The molecule has 50 heavy (non-hydrogen) atoms. The third-order valence-electron chi connectivity index (χ3n) is 9.16. The Bertz CT molecular complexity index is 1600.